The molecule has 3 heteroatoms. The van der Waals surface area contributed by atoms with Crippen molar-refractivity contribution in [3.05, 3.63) is 44.8 Å². The Kier molecular flexibility index (Phi) is 3.94. The van der Waals surface area contributed by atoms with Crippen LogP contribution in [0.3, 0.4) is 0 Å². The summed E-state index contributed by atoms with van der Waals surface area (Å²) in [5.41, 5.74) is 1.39. The van der Waals surface area contributed by atoms with Crippen LogP contribution in [0.2, 0.25) is 0 Å². The first-order chi connectivity index (χ1) is 7.36. The summed E-state index contributed by atoms with van der Waals surface area (Å²) < 4.78 is 0. The zero-order chi connectivity index (χ0) is 10.5. The van der Waals surface area contributed by atoms with Gasteiger partial charge in [-0.25, -0.2) is 0 Å². The van der Waals surface area contributed by atoms with Crippen LogP contribution in [0.1, 0.15) is 23.4 Å². The first kappa shape index (κ1) is 10.9. The fourth-order valence-corrected chi connectivity index (χ4v) is 2.97. The second-order valence-corrected chi connectivity index (χ2v) is 5.37. The maximum atomic E-state index is 3.54. The summed E-state index contributed by atoms with van der Waals surface area (Å²) in [7, 11) is 0. The van der Waals surface area contributed by atoms with E-state index >= 15 is 0 Å². The standard InChI is InChI=1S/C12H15NS2/c1-10(11-5-8-14-9-11)13-6-4-12-3-2-7-15-12/h2-3,5,7-10,13H,4,6H2,1H3. The van der Waals surface area contributed by atoms with Gasteiger partial charge in [0.1, 0.15) is 0 Å². The molecule has 0 aliphatic carbocycles. The van der Waals surface area contributed by atoms with E-state index in [2.05, 4.69) is 46.6 Å². The molecule has 0 aliphatic rings. The van der Waals surface area contributed by atoms with Crippen LogP contribution < -0.4 is 5.32 Å². The molecule has 0 aliphatic heterocycles. The molecular formula is C12H15NS2. The van der Waals surface area contributed by atoms with E-state index in [4.69, 9.17) is 0 Å². The van der Waals surface area contributed by atoms with Crippen LogP contribution in [0, 0.1) is 0 Å². The van der Waals surface area contributed by atoms with Crippen molar-refractivity contribution in [1.29, 1.82) is 0 Å². The number of thiophene rings is 2. The van der Waals surface area contributed by atoms with Gasteiger partial charge in [0.15, 0.2) is 0 Å². The molecule has 0 radical (unpaired) electrons. The minimum absolute atomic E-state index is 0.469. The van der Waals surface area contributed by atoms with Crippen molar-refractivity contribution < 1.29 is 0 Å². The molecule has 1 nitrogen and oxygen atoms in total. The summed E-state index contributed by atoms with van der Waals surface area (Å²) in [6.45, 7) is 3.27. The largest absolute Gasteiger partial charge is 0.310 e. The van der Waals surface area contributed by atoms with E-state index in [1.807, 2.05) is 11.3 Å². The number of rotatable bonds is 5. The Bertz CT molecular complexity index is 364. The van der Waals surface area contributed by atoms with Gasteiger partial charge in [0.2, 0.25) is 0 Å². The van der Waals surface area contributed by atoms with Crippen LogP contribution in [0.4, 0.5) is 0 Å². The van der Waals surface area contributed by atoms with Gasteiger partial charge in [0.25, 0.3) is 0 Å². The van der Waals surface area contributed by atoms with E-state index in [9.17, 15) is 0 Å². The predicted molar refractivity (Wildman–Crippen MR) is 68.8 cm³/mol. The molecule has 0 bridgehead atoms. The molecule has 0 saturated carbocycles. The van der Waals surface area contributed by atoms with Crippen LogP contribution in [-0.4, -0.2) is 6.54 Å². The Balaban J connectivity index is 1.74. The maximum Gasteiger partial charge on any atom is 0.0300 e. The van der Waals surface area contributed by atoms with Crippen molar-refractivity contribution in [2.45, 2.75) is 19.4 Å². The summed E-state index contributed by atoms with van der Waals surface area (Å²) in [5.74, 6) is 0. The van der Waals surface area contributed by atoms with Crippen molar-refractivity contribution in [2.75, 3.05) is 6.54 Å². The highest BCUT2D eigenvalue weighted by Crippen LogP contribution is 2.15. The minimum atomic E-state index is 0.469. The van der Waals surface area contributed by atoms with Gasteiger partial charge in [0, 0.05) is 17.5 Å². The van der Waals surface area contributed by atoms with Crippen molar-refractivity contribution >= 4 is 22.7 Å². The van der Waals surface area contributed by atoms with Gasteiger partial charge < -0.3 is 5.32 Å². The number of hydrogen-bond donors (Lipinski definition) is 1. The van der Waals surface area contributed by atoms with Gasteiger partial charge in [-0.1, -0.05) is 6.07 Å². The van der Waals surface area contributed by atoms with E-state index in [-0.39, 0.29) is 0 Å². The first-order valence-corrected chi connectivity index (χ1v) is 6.96. The summed E-state index contributed by atoms with van der Waals surface area (Å²) >= 11 is 3.60. The lowest BCUT2D eigenvalue weighted by Crippen LogP contribution is -2.20. The van der Waals surface area contributed by atoms with Crippen LogP contribution in [0.15, 0.2) is 34.3 Å². The van der Waals surface area contributed by atoms with E-state index in [0.29, 0.717) is 6.04 Å². The topological polar surface area (TPSA) is 12.0 Å². The average Bonchev–Trinajstić information content (AvgIpc) is 2.90. The Morgan fingerprint density at radius 3 is 2.93 bits per heavy atom. The molecule has 2 rings (SSSR count). The number of hydrogen-bond acceptors (Lipinski definition) is 3. The Morgan fingerprint density at radius 1 is 1.33 bits per heavy atom. The SMILES string of the molecule is CC(NCCc1cccs1)c1ccsc1. The highest BCUT2D eigenvalue weighted by molar-refractivity contribution is 7.09. The van der Waals surface area contributed by atoms with Crippen LogP contribution in [0.25, 0.3) is 0 Å². The van der Waals surface area contributed by atoms with Gasteiger partial charge in [-0.3, -0.25) is 0 Å². The predicted octanol–water partition coefficient (Wildman–Crippen LogP) is 3.70. The second kappa shape index (κ2) is 5.45. The molecule has 0 amide bonds. The Labute approximate surface area is 98.8 Å². The smallest absolute Gasteiger partial charge is 0.0300 e. The third-order valence-corrected chi connectivity index (χ3v) is 4.08. The van der Waals surface area contributed by atoms with Crippen molar-refractivity contribution in [3.8, 4) is 0 Å². The quantitative estimate of drug-likeness (QED) is 0.836. The van der Waals surface area contributed by atoms with Gasteiger partial charge >= 0.3 is 0 Å². The Hall–Kier alpha value is -0.640. The molecule has 2 heterocycles. The van der Waals surface area contributed by atoms with E-state index < -0.39 is 0 Å². The molecule has 1 atom stereocenters. The zero-order valence-electron chi connectivity index (χ0n) is 8.77. The van der Waals surface area contributed by atoms with Crippen molar-refractivity contribution in [3.63, 3.8) is 0 Å². The van der Waals surface area contributed by atoms with Gasteiger partial charge in [0.05, 0.1) is 0 Å². The fraction of sp³-hybridized carbons (Fsp3) is 0.333. The van der Waals surface area contributed by atoms with Crippen molar-refractivity contribution in [1.82, 2.24) is 5.32 Å². The first-order valence-electron chi connectivity index (χ1n) is 5.14. The molecule has 0 saturated heterocycles. The normalized spacial score (nSPS) is 12.9. The molecule has 2 aromatic heterocycles. The monoisotopic (exact) mass is 237 g/mol. The summed E-state index contributed by atoms with van der Waals surface area (Å²) in [6.07, 6.45) is 1.13. The maximum absolute atomic E-state index is 3.54. The van der Waals surface area contributed by atoms with E-state index in [1.54, 1.807) is 11.3 Å². The molecule has 1 unspecified atom stereocenters. The van der Waals surface area contributed by atoms with Crippen molar-refractivity contribution in [2.24, 2.45) is 0 Å². The molecule has 2 aromatic rings. The minimum Gasteiger partial charge on any atom is -0.310 e. The molecule has 0 spiro atoms. The van der Waals surface area contributed by atoms with Crippen LogP contribution >= 0.6 is 22.7 Å². The fourth-order valence-electron chi connectivity index (χ4n) is 1.51. The molecule has 0 aromatic carbocycles. The van der Waals surface area contributed by atoms with E-state index in [0.717, 1.165) is 13.0 Å². The zero-order valence-corrected chi connectivity index (χ0v) is 10.4. The van der Waals surface area contributed by atoms with Gasteiger partial charge in [-0.2, -0.15) is 11.3 Å². The number of nitrogens with one attached hydrogen (secondary N) is 1. The third-order valence-electron chi connectivity index (χ3n) is 2.45. The van der Waals surface area contributed by atoms with Crippen LogP contribution in [0.5, 0.6) is 0 Å². The summed E-state index contributed by atoms with van der Waals surface area (Å²) in [4.78, 5) is 1.46. The lowest BCUT2D eigenvalue weighted by atomic mass is 10.2. The highest BCUT2D eigenvalue weighted by Gasteiger charge is 2.04. The average molecular weight is 237 g/mol. The molecule has 15 heavy (non-hydrogen) atoms. The molecule has 1 N–H and O–H groups in total. The molecule has 80 valence electrons. The van der Waals surface area contributed by atoms with Gasteiger partial charge in [-0.05, 0) is 47.2 Å². The third kappa shape index (κ3) is 3.16. The summed E-state index contributed by atoms with van der Waals surface area (Å²) in [6, 6.07) is 6.97. The molecule has 0 fully saturated rings. The van der Waals surface area contributed by atoms with Gasteiger partial charge in [-0.15, -0.1) is 11.3 Å². The second-order valence-electron chi connectivity index (χ2n) is 3.56. The Morgan fingerprint density at radius 2 is 2.27 bits per heavy atom. The summed E-state index contributed by atoms with van der Waals surface area (Å²) in [5, 5.41) is 10.0. The van der Waals surface area contributed by atoms with Crippen LogP contribution in [-0.2, 0) is 6.42 Å². The highest BCUT2D eigenvalue weighted by atomic mass is 32.1. The molecular weight excluding hydrogens is 222 g/mol. The lowest BCUT2D eigenvalue weighted by molar-refractivity contribution is 0.580. The lowest BCUT2D eigenvalue weighted by Gasteiger charge is -2.11. The van der Waals surface area contributed by atoms with E-state index in [1.165, 1.54) is 10.4 Å².